The molecule has 1 heterocycles. The summed E-state index contributed by atoms with van der Waals surface area (Å²) in [5.41, 5.74) is 4.96. The third kappa shape index (κ3) is 3.07. The minimum atomic E-state index is -4.35. The van der Waals surface area contributed by atoms with E-state index in [2.05, 4.69) is 26.8 Å². The third-order valence-corrected chi connectivity index (χ3v) is 4.62. The highest BCUT2D eigenvalue weighted by atomic mass is 19.3. The molecule has 1 aliphatic carbocycles. The fourth-order valence-corrected chi connectivity index (χ4v) is 3.30. The fraction of sp³-hybridized carbons (Fsp3) is 0.263. The number of benzene rings is 2. The number of fused-ring (bicyclic) bond motifs is 2. The van der Waals surface area contributed by atoms with Gasteiger partial charge in [-0.25, -0.2) is 9.78 Å². The van der Waals surface area contributed by atoms with Crippen LogP contribution in [0.2, 0.25) is 0 Å². The zero-order valence-corrected chi connectivity index (χ0v) is 14.4. The fourth-order valence-electron chi connectivity index (χ4n) is 3.30. The van der Waals surface area contributed by atoms with Gasteiger partial charge in [0.2, 0.25) is 0 Å². The van der Waals surface area contributed by atoms with Crippen LogP contribution in [0.1, 0.15) is 17.5 Å². The molecular weight excluding hydrogens is 358 g/mol. The van der Waals surface area contributed by atoms with E-state index in [1.807, 2.05) is 0 Å². The number of aromatic amines is 1. The molecule has 0 radical (unpaired) electrons. The highest BCUT2D eigenvalue weighted by Gasteiger charge is 2.43. The van der Waals surface area contributed by atoms with E-state index in [0.29, 0.717) is 11.4 Å². The van der Waals surface area contributed by atoms with Gasteiger partial charge < -0.3 is 19.6 Å². The molecule has 0 bridgehead atoms. The van der Waals surface area contributed by atoms with E-state index in [9.17, 15) is 13.6 Å². The van der Waals surface area contributed by atoms with Crippen molar-refractivity contribution in [3.8, 4) is 22.9 Å². The van der Waals surface area contributed by atoms with Gasteiger partial charge in [0, 0.05) is 5.56 Å². The molecule has 0 unspecified atom stereocenters. The molecule has 8 heteroatoms. The number of H-pyrrole nitrogens is 1. The Morgan fingerprint density at radius 2 is 1.93 bits per heavy atom. The second-order valence-corrected chi connectivity index (χ2v) is 6.37. The van der Waals surface area contributed by atoms with Crippen molar-refractivity contribution < 1.29 is 28.2 Å². The van der Waals surface area contributed by atoms with Crippen LogP contribution in [0.4, 0.5) is 8.78 Å². The van der Waals surface area contributed by atoms with E-state index in [0.717, 1.165) is 30.3 Å². The van der Waals surface area contributed by atoms with Gasteiger partial charge >= 0.3 is 12.1 Å². The van der Waals surface area contributed by atoms with Crippen LogP contribution in [0.25, 0.3) is 22.4 Å². The number of methoxy groups -OCH3 is 1. The minimum Gasteiger partial charge on any atom is -0.493 e. The molecule has 140 valence electrons. The molecule has 0 amide bonds. The van der Waals surface area contributed by atoms with E-state index in [4.69, 9.17) is 9.84 Å². The number of imidazole rings is 1. The van der Waals surface area contributed by atoms with Crippen molar-refractivity contribution >= 4 is 17.0 Å². The summed E-state index contributed by atoms with van der Waals surface area (Å²) in [5, 5.41) is 8.52. The number of hydrogen-bond acceptors (Lipinski definition) is 4. The summed E-state index contributed by atoms with van der Waals surface area (Å²) in [5.74, 6) is -2.21. The van der Waals surface area contributed by atoms with E-state index >= 15 is 0 Å². The molecule has 1 aromatic heterocycles. The molecule has 6 nitrogen and oxygen atoms in total. The average molecular weight is 374 g/mol. The van der Waals surface area contributed by atoms with Gasteiger partial charge in [-0.3, -0.25) is 0 Å². The molecule has 27 heavy (non-hydrogen) atoms. The number of nitrogens with zero attached hydrogens (tertiary/aromatic N) is 1. The zero-order valence-electron chi connectivity index (χ0n) is 14.4. The van der Waals surface area contributed by atoms with Gasteiger partial charge in [0.1, 0.15) is 5.82 Å². The summed E-state index contributed by atoms with van der Waals surface area (Å²) < 4.78 is 36.0. The molecule has 2 N–H and O–H groups in total. The van der Waals surface area contributed by atoms with Gasteiger partial charge in [0.15, 0.2) is 11.5 Å². The molecule has 0 saturated carbocycles. The van der Waals surface area contributed by atoms with Crippen LogP contribution in [0.5, 0.6) is 11.5 Å². The quantitative estimate of drug-likeness (QED) is 0.710. The molecule has 0 aliphatic heterocycles. The topological polar surface area (TPSA) is 84.4 Å². The first-order valence-corrected chi connectivity index (χ1v) is 8.37. The maximum Gasteiger partial charge on any atom is 0.502 e. The lowest BCUT2D eigenvalue weighted by atomic mass is 10.1. The Morgan fingerprint density at radius 3 is 2.63 bits per heavy atom. The van der Waals surface area contributed by atoms with E-state index < -0.39 is 12.1 Å². The Hall–Kier alpha value is -3.16. The first-order chi connectivity index (χ1) is 12.9. The zero-order chi connectivity index (χ0) is 19.2. The van der Waals surface area contributed by atoms with E-state index in [-0.39, 0.29) is 11.5 Å². The number of rotatable bonds is 5. The van der Waals surface area contributed by atoms with Gasteiger partial charge in [-0.05, 0) is 60.7 Å². The number of carboxylic acids is 1. The number of aryl methyl sites for hydroxylation is 2. The van der Waals surface area contributed by atoms with Crippen LogP contribution in [-0.4, -0.2) is 34.3 Å². The molecule has 0 atom stereocenters. The first-order valence-electron chi connectivity index (χ1n) is 8.37. The Morgan fingerprint density at radius 1 is 1.19 bits per heavy atom. The summed E-state index contributed by atoms with van der Waals surface area (Å²) in [7, 11) is 1.29. The molecule has 3 aromatic rings. The first kappa shape index (κ1) is 17.3. The maximum absolute atomic E-state index is 13.3. The van der Waals surface area contributed by atoms with Crippen LogP contribution in [-0.2, 0) is 17.6 Å². The number of carbonyl (C=O) groups is 1. The Kier molecular flexibility index (Phi) is 3.98. The normalized spacial score (nSPS) is 13.6. The van der Waals surface area contributed by atoms with Crippen molar-refractivity contribution in [2.24, 2.45) is 0 Å². The number of halogens is 2. The number of hydrogen-bond donors (Lipinski definition) is 2. The van der Waals surface area contributed by atoms with Crippen molar-refractivity contribution in [3.63, 3.8) is 0 Å². The number of aromatic nitrogens is 2. The molecule has 1 aliphatic rings. The largest absolute Gasteiger partial charge is 0.502 e. The Bertz CT molecular complexity index is 1000. The van der Waals surface area contributed by atoms with Crippen molar-refractivity contribution in [3.05, 3.63) is 41.5 Å². The molecule has 2 aromatic carbocycles. The van der Waals surface area contributed by atoms with Gasteiger partial charge in [-0.15, -0.1) is 0 Å². The van der Waals surface area contributed by atoms with E-state index in [1.54, 1.807) is 0 Å². The maximum atomic E-state index is 13.3. The standard InChI is InChI=1S/C19H16F2N2O4/c1-26-16-9-12(5-6-15(16)27-19(20,21)18(24)25)17-22-13-7-10-3-2-4-11(10)8-14(13)23-17/h5-9H,2-4H2,1H3,(H,22,23)(H,24,25). The average Bonchev–Trinajstić information content (AvgIpc) is 3.25. The summed E-state index contributed by atoms with van der Waals surface area (Å²) >= 11 is 0. The van der Waals surface area contributed by atoms with Crippen LogP contribution in [0.15, 0.2) is 30.3 Å². The lowest BCUT2D eigenvalue weighted by molar-refractivity contribution is -0.211. The van der Waals surface area contributed by atoms with Crippen molar-refractivity contribution in [2.45, 2.75) is 25.4 Å². The van der Waals surface area contributed by atoms with Crippen LogP contribution in [0, 0.1) is 0 Å². The molecule has 0 spiro atoms. The van der Waals surface area contributed by atoms with Crippen molar-refractivity contribution in [1.82, 2.24) is 9.97 Å². The minimum absolute atomic E-state index is 0.0172. The van der Waals surface area contributed by atoms with Crippen molar-refractivity contribution in [2.75, 3.05) is 7.11 Å². The second-order valence-electron chi connectivity index (χ2n) is 6.37. The smallest absolute Gasteiger partial charge is 0.493 e. The predicted octanol–water partition coefficient (Wildman–Crippen LogP) is 3.78. The lowest BCUT2D eigenvalue weighted by Crippen LogP contribution is -2.34. The number of alkyl halides is 2. The van der Waals surface area contributed by atoms with E-state index in [1.165, 1.54) is 36.4 Å². The molecular formula is C19H16F2N2O4. The van der Waals surface area contributed by atoms with Crippen LogP contribution >= 0.6 is 0 Å². The molecule has 0 fully saturated rings. The van der Waals surface area contributed by atoms with Crippen molar-refractivity contribution in [1.29, 1.82) is 0 Å². The summed E-state index contributed by atoms with van der Waals surface area (Å²) in [4.78, 5) is 18.4. The lowest BCUT2D eigenvalue weighted by Gasteiger charge is -2.16. The number of carboxylic acid groups (broad SMARTS) is 1. The highest BCUT2D eigenvalue weighted by Crippen LogP contribution is 2.36. The van der Waals surface area contributed by atoms with Gasteiger partial charge in [-0.2, -0.15) is 8.78 Å². The van der Waals surface area contributed by atoms with Gasteiger partial charge in [0.25, 0.3) is 0 Å². The Labute approximate surface area is 152 Å². The third-order valence-electron chi connectivity index (χ3n) is 4.62. The summed E-state index contributed by atoms with van der Waals surface area (Å²) in [6, 6.07) is 8.38. The number of nitrogens with one attached hydrogen (secondary N) is 1. The summed E-state index contributed by atoms with van der Waals surface area (Å²) in [6.45, 7) is 0. The SMILES string of the molecule is COc1cc(-c2nc3cc4c(cc3[nH]2)CCC4)ccc1OC(F)(F)C(=O)O. The molecule has 4 rings (SSSR count). The Balaban J connectivity index is 1.70. The highest BCUT2D eigenvalue weighted by molar-refractivity contribution is 5.82. The van der Waals surface area contributed by atoms with Gasteiger partial charge in [-0.1, -0.05) is 0 Å². The van der Waals surface area contributed by atoms with Crippen LogP contribution < -0.4 is 9.47 Å². The number of ether oxygens (including phenoxy) is 2. The monoisotopic (exact) mass is 374 g/mol. The van der Waals surface area contributed by atoms with Gasteiger partial charge in [0.05, 0.1) is 18.1 Å². The van der Waals surface area contributed by atoms with Crippen LogP contribution in [0.3, 0.4) is 0 Å². The number of aliphatic carboxylic acids is 1. The second kappa shape index (κ2) is 6.22. The molecule has 0 saturated heterocycles. The predicted molar refractivity (Wildman–Crippen MR) is 93.3 cm³/mol. The summed E-state index contributed by atoms with van der Waals surface area (Å²) in [6.07, 6.45) is -1.11.